The third-order valence-electron chi connectivity index (χ3n) is 5.28. The number of fused-ring (bicyclic) bond motifs is 1. The van der Waals surface area contributed by atoms with Crippen LogP contribution in [0.4, 0.5) is 13.2 Å². The molecule has 1 aliphatic rings. The van der Waals surface area contributed by atoms with Gasteiger partial charge in [-0.3, -0.25) is 9.59 Å². The van der Waals surface area contributed by atoms with Crippen molar-refractivity contribution in [1.82, 2.24) is 10.2 Å². The van der Waals surface area contributed by atoms with Gasteiger partial charge in [-0.05, 0) is 47.0 Å². The Bertz CT molecular complexity index is 1190. The molecule has 0 fully saturated rings. The molecule has 0 aliphatic carbocycles. The quantitative estimate of drug-likeness (QED) is 0.518. The number of nitrogens with zero attached hydrogens (tertiary/aromatic N) is 1. The molecule has 1 aliphatic heterocycles. The lowest BCUT2D eigenvalue weighted by molar-refractivity contribution is -0.125. The molecule has 0 radical (unpaired) electrons. The van der Waals surface area contributed by atoms with Gasteiger partial charge in [0.1, 0.15) is 17.6 Å². The topological polar surface area (TPSA) is 58.6 Å². The van der Waals surface area contributed by atoms with Gasteiger partial charge in [-0.25, -0.2) is 4.39 Å². The van der Waals surface area contributed by atoms with Crippen molar-refractivity contribution in [2.24, 2.45) is 0 Å². The molecule has 0 spiro atoms. The Morgan fingerprint density at radius 1 is 1.09 bits per heavy atom. The highest BCUT2D eigenvalue weighted by molar-refractivity contribution is 6.31. The van der Waals surface area contributed by atoms with E-state index < -0.39 is 24.4 Å². The van der Waals surface area contributed by atoms with Gasteiger partial charge < -0.3 is 15.0 Å². The first-order chi connectivity index (χ1) is 15.8. The molecule has 0 bridgehead atoms. The van der Waals surface area contributed by atoms with Gasteiger partial charge in [-0.15, -0.1) is 0 Å². The molecular formula is C24H18ClF3N2O3. The van der Waals surface area contributed by atoms with E-state index in [1.54, 1.807) is 36.4 Å². The first-order valence-corrected chi connectivity index (χ1v) is 10.4. The molecular weight excluding hydrogens is 457 g/mol. The summed E-state index contributed by atoms with van der Waals surface area (Å²) in [4.78, 5) is 27.6. The highest BCUT2D eigenvalue weighted by Crippen LogP contribution is 2.36. The van der Waals surface area contributed by atoms with E-state index in [0.717, 1.165) is 6.07 Å². The predicted octanol–water partition coefficient (Wildman–Crippen LogP) is 5.09. The SMILES string of the molecule is O=C(NCc1ccc(OC(F)F)cc1)C1c2ccccc2C(=O)N1Cc1ccc(F)cc1Cl. The minimum absolute atomic E-state index is 0.0118. The second kappa shape index (κ2) is 9.54. The number of hydrogen-bond acceptors (Lipinski definition) is 3. The number of carbonyl (C=O) groups excluding carboxylic acids is 2. The normalized spacial score (nSPS) is 15.0. The van der Waals surface area contributed by atoms with Crippen LogP contribution in [0.5, 0.6) is 5.75 Å². The second-order valence-corrected chi connectivity index (χ2v) is 7.81. The van der Waals surface area contributed by atoms with Crippen LogP contribution >= 0.6 is 11.6 Å². The molecule has 1 unspecified atom stereocenters. The fourth-order valence-corrected chi connectivity index (χ4v) is 3.95. The zero-order valence-electron chi connectivity index (χ0n) is 17.1. The summed E-state index contributed by atoms with van der Waals surface area (Å²) in [5, 5.41) is 2.94. The van der Waals surface area contributed by atoms with Crippen LogP contribution in [0, 0.1) is 5.82 Å². The Hall–Kier alpha value is -3.52. The Labute approximate surface area is 192 Å². The largest absolute Gasteiger partial charge is 0.435 e. The average Bonchev–Trinajstić information content (AvgIpc) is 3.06. The number of nitrogens with one attached hydrogen (secondary N) is 1. The highest BCUT2D eigenvalue weighted by Gasteiger charge is 2.40. The van der Waals surface area contributed by atoms with Crippen molar-refractivity contribution in [3.63, 3.8) is 0 Å². The minimum Gasteiger partial charge on any atom is -0.435 e. The molecule has 3 aromatic rings. The lowest BCUT2D eigenvalue weighted by Gasteiger charge is -2.25. The van der Waals surface area contributed by atoms with E-state index in [1.807, 2.05) is 0 Å². The number of benzene rings is 3. The fraction of sp³-hybridized carbons (Fsp3) is 0.167. The van der Waals surface area contributed by atoms with Crippen molar-refractivity contribution >= 4 is 23.4 Å². The van der Waals surface area contributed by atoms with Gasteiger partial charge in [-0.1, -0.05) is 48.0 Å². The molecule has 1 N–H and O–H groups in total. The van der Waals surface area contributed by atoms with Crippen LogP contribution in [0.2, 0.25) is 5.02 Å². The first-order valence-electron chi connectivity index (χ1n) is 9.99. The fourth-order valence-electron chi connectivity index (χ4n) is 3.72. The van der Waals surface area contributed by atoms with E-state index in [-0.39, 0.29) is 29.8 Å². The Balaban J connectivity index is 1.53. The third kappa shape index (κ3) is 4.96. The summed E-state index contributed by atoms with van der Waals surface area (Å²) >= 11 is 6.14. The molecule has 2 amide bonds. The van der Waals surface area contributed by atoms with Gasteiger partial charge in [0.05, 0.1) is 0 Å². The number of ether oxygens (including phenoxy) is 1. The van der Waals surface area contributed by atoms with Gasteiger partial charge in [0.2, 0.25) is 5.91 Å². The minimum atomic E-state index is -2.92. The smallest absolute Gasteiger partial charge is 0.387 e. The molecule has 3 aromatic carbocycles. The zero-order valence-corrected chi connectivity index (χ0v) is 17.9. The zero-order chi connectivity index (χ0) is 23.5. The maximum absolute atomic E-state index is 13.4. The first kappa shape index (κ1) is 22.7. The molecule has 0 aromatic heterocycles. The lowest BCUT2D eigenvalue weighted by Crippen LogP contribution is -2.38. The van der Waals surface area contributed by atoms with Gasteiger partial charge in [-0.2, -0.15) is 8.78 Å². The molecule has 0 saturated heterocycles. The van der Waals surface area contributed by atoms with Crippen molar-refractivity contribution in [2.75, 3.05) is 0 Å². The van der Waals surface area contributed by atoms with E-state index in [4.69, 9.17) is 11.6 Å². The molecule has 5 nitrogen and oxygen atoms in total. The summed E-state index contributed by atoms with van der Waals surface area (Å²) in [7, 11) is 0. The molecule has 33 heavy (non-hydrogen) atoms. The number of carbonyl (C=O) groups is 2. The number of rotatable bonds is 7. The van der Waals surface area contributed by atoms with Gasteiger partial charge in [0.25, 0.3) is 5.91 Å². The van der Waals surface area contributed by atoms with Crippen LogP contribution in [-0.4, -0.2) is 23.3 Å². The van der Waals surface area contributed by atoms with Gasteiger partial charge >= 0.3 is 6.61 Å². The summed E-state index contributed by atoms with van der Waals surface area (Å²) in [6, 6.07) is 15.6. The Kier molecular flexibility index (Phi) is 6.55. The maximum Gasteiger partial charge on any atom is 0.387 e. The van der Waals surface area contributed by atoms with Crippen LogP contribution in [0.15, 0.2) is 66.7 Å². The summed E-state index contributed by atoms with van der Waals surface area (Å²) in [6.07, 6.45) is 0. The lowest BCUT2D eigenvalue weighted by atomic mass is 10.0. The summed E-state index contributed by atoms with van der Waals surface area (Å²) in [5.74, 6) is -1.24. The standard InChI is InChI=1S/C24H18ClF3N2O3/c25-20-11-16(26)8-7-15(20)13-30-21(18-3-1-2-4-19(18)23(30)32)22(31)29-12-14-5-9-17(10-6-14)33-24(27)28/h1-11,21,24H,12-13H2,(H,29,31). The molecule has 170 valence electrons. The third-order valence-corrected chi connectivity index (χ3v) is 5.63. The van der Waals surface area contributed by atoms with Crippen LogP contribution < -0.4 is 10.1 Å². The Morgan fingerprint density at radius 3 is 2.52 bits per heavy atom. The van der Waals surface area contributed by atoms with E-state index in [1.165, 1.54) is 29.2 Å². The number of hydrogen-bond donors (Lipinski definition) is 1. The number of amides is 2. The molecule has 1 atom stereocenters. The van der Waals surface area contributed by atoms with Crippen molar-refractivity contribution in [3.05, 3.63) is 99.8 Å². The summed E-state index contributed by atoms with van der Waals surface area (Å²) < 4.78 is 42.3. The second-order valence-electron chi connectivity index (χ2n) is 7.40. The van der Waals surface area contributed by atoms with Crippen molar-refractivity contribution in [1.29, 1.82) is 0 Å². The van der Waals surface area contributed by atoms with Gasteiger partial charge in [0, 0.05) is 23.7 Å². The highest BCUT2D eigenvalue weighted by atomic mass is 35.5. The maximum atomic E-state index is 13.4. The van der Waals surface area contributed by atoms with Crippen molar-refractivity contribution < 1.29 is 27.5 Å². The van der Waals surface area contributed by atoms with Crippen LogP contribution in [0.3, 0.4) is 0 Å². The van der Waals surface area contributed by atoms with Gasteiger partial charge in [0.15, 0.2) is 0 Å². The molecule has 9 heteroatoms. The van der Waals surface area contributed by atoms with Crippen molar-refractivity contribution in [2.45, 2.75) is 25.7 Å². The van der Waals surface area contributed by atoms with Crippen LogP contribution in [0.1, 0.15) is 33.1 Å². The number of halogens is 4. The predicted molar refractivity (Wildman–Crippen MR) is 115 cm³/mol. The van der Waals surface area contributed by atoms with E-state index in [9.17, 15) is 22.8 Å². The Morgan fingerprint density at radius 2 is 1.82 bits per heavy atom. The average molecular weight is 475 g/mol. The van der Waals surface area contributed by atoms with E-state index in [2.05, 4.69) is 10.1 Å². The van der Waals surface area contributed by atoms with E-state index in [0.29, 0.717) is 22.3 Å². The molecule has 0 saturated carbocycles. The van der Waals surface area contributed by atoms with Crippen LogP contribution in [0.25, 0.3) is 0 Å². The molecule has 1 heterocycles. The van der Waals surface area contributed by atoms with E-state index >= 15 is 0 Å². The van der Waals surface area contributed by atoms with Crippen LogP contribution in [-0.2, 0) is 17.9 Å². The monoisotopic (exact) mass is 474 g/mol. The number of alkyl halides is 2. The summed E-state index contributed by atoms with van der Waals surface area (Å²) in [5.41, 5.74) is 2.13. The van der Waals surface area contributed by atoms with Crippen molar-refractivity contribution in [3.8, 4) is 5.75 Å². The molecule has 4 rings (SSSR count). The summed E-state index contributed by atoms with van der Waals surface area (Å²) in [6.45, 7) is -2.79.